The van der Waals surface area contributed by atoms with Crippen molar-refractivity contribution in [2.45, 2.75) is 18.4 Å². The highest BCUT2D eigenvalue weighted by molar-refractivity contribution is 9.10. The zero-order chi connectivity index (χ0) is 23.7. The van der Waals surface area contributed by atoms with Gasteiger partial charge >= 0.3 is 0 Å². The van der Waals surface area contributed by atoms with Gasteiger partial charge in [0.15, 0.2) is 5.17 Å². The first kappa shape index (κ1) is 23.1. The van der Waals surface area contributed by atoms with Crippen LogP contribution < -0.4 is 9.64 Å². The van der Waals surface area contributed by atoms with Gasteiger partial charge in [0.25, 0.3) is 5.91 Å². The topological polar surface area (TPSA) is 45.1 Å². The summed E-state index contributed by atoms with van der Waals surface area (Å²) in [6, 6.07) is 23.9. The Labute approximate surface area is 216 Å². The molecular formula is C26H22BrN3O2S2. The van der Waals surface area contributed by atoms with Crippen molar-refractivity contribution in [2.24, 2.45) is 4.99 Å². The monoisotopic (exact) mass is 551 g/mol. The number of fused-ring (bicyclic) bond motifs is 1. The van der Waals surface area contributed by atoms with Gasteiger partial charge in [-0.25, -0.2) is 4.99 Å². The quantitative estimate of drug-likeness (QED) is 0.319. The van der Waals surface area contributed by atoms with E-state index in [4.69, 9.17) is 9.73 Å². The van der Waals surface area contributed by atoms with Crippen LogP contribution in [0.1, 0.15) is 12.5 Å². The van der Waals surface area contributed by atoms with E-state index >= 15 is 0 Å². The van der Waals surface area contributed by atoms with Gasteiger partial charge in [0.1, 0.15) is 15.7 Å². The standard InChI is InChI=1S/C26H22BrN3O2S2/c1-3-29-21-15-20(32-2)13-14-22(21)33-25(29)23-24(31)30(16-17-7-5-4-6-8-17)26(34-23)28-19-11-9-18(27)10-12-19/h4-15H,3,16H2,1-2H3. The fraction of sp³-hybridized carbons (Fsp3) is 0.154. The van der Waals surface area contributed by atoms with Crippen LogP contribution in [0.15, 0.2) is 97.1 Å². The molecule has 1 fully saturated rings. The Morgan fingerprint density at radius 1 is 0.971 bits per heavy atom. The van der Waals surface area contributed by atoms with Gasteiger partial charge in [-0.15, -0.1) is 0 Å². The number of hydrogen-bond donors (Lipinski definition) is 0. The summed E-state index contributed by atoms with van der Waals surface area (Å²) in [4.78, 5) is 24.4. The molecule has 3 aromatic carbocycles. The Balaban J connectivity index is 1.56. The maximum Gasteiger partial charge on any atom is 0.269 e. The highest BCUT2D eigenvalue weighted by Crippen LogP contribution is 2.51. The molecule has 0 unspecified atom stereocenters. The van der Waals surface area contributed by atoms with Crippen molar-refractivity contribution in [1.29, 1.82) is 0 Å². The Bertz CT molecular complexity index is 1290. The minimum Gasteiger partial charge on any atom is -0.497 e. The van der Waals surface area contributed by atoms with Gasteiger partial charge in [-0.3, -0.25) is 9.69 Å². The smallest absolute Gasteiger partial charge is 0.269 e. The molecule has 0 aliphatic carbocycles. The lowest BCUT2D eigenvalue weighted by atomic mass is 10.2. The second kappa shape index (κ2) is 9.90. The molecule has 0 spiro atoms. The lowest BCUT2D eigenvalue weighted by Crippen LogP contribution is -2.29. The van der Waals surface area contributed by atoms with Gasteiger partial charge in [-0.1, -0.05) is 58.0 Å². The summed E-state index contributed by atoms with van der Waals surface area (Å²) in [6.45, 7) is 3.31. The van der Waals surface area contributed by atoms with Crippen molar-refractivity contribution in [1.82, 2.24) is 4.90 Å². The van der Waals surface area contributed by atoms with E-state index in [9.17, 15) is 4.79 Å². The fourth-order valence-electron chi connectivity index (χ4n) is 3.82. The molecule has 0 atom stereocenters. The highest BCUT2D eigenvalue weighted by Gasteiger charge is 2.39. The molecule has 172 valence electrons. The SMILES string of the molecule is CCN1C(=C2SC(=Nc3ccc(Br)cc3)N(Cc3ccccc3)C2=O)Sc2ccc(OC)cc21. The molecule has 3 aromatic rings. The summed E-state index contributed by atoms with van der Waals surface area (Å²) >= 11 is 6.54. The Hall–Kier alpha value is -2.68. The maximum absolute atomic E-state index is 13.8. The van der Waals surface area contributed by atoms with E-state index in [-0.39, 0.29) is 5.91 Å². The summed E-state index contributed by atoms with van der Waals surface area (Å²) < 4.78 is 6.43. The molecule has 1 amide bonds. The van der Waals surface area contributed by atoms with Crippen LogP contribution in [-0.2, 0) is 11.3 Å². The molecule has 5 nitrogen and oxygen atoms in total. The van der Waals surface area contributed by atoms with E-state index in [2.05, 4.69) is 33.8 Å². The number of hydrogen-bond acceptors (Lipinski definition) is 6. The van der Waals surface area contributed by atoms with Crippen molar-refractivity contribution in [3.8, 4) is 5.75 Å². The molecule has 0 bridgehead atoms. The normalized spacial score (nSPS) is 18.7. The van der Waals surface area contributed by atoms with Crippen LogP contribution >= 0.6 is 39.5 Å². The Morgan fingerprint density at radius 3 is 2.44 bits per heavy atom. The summed E-state index contributed by atoms with van der Waals surface area (Å²) in [6.07, 6.45) is 0. The van der Waals surface area contributed by atoms with Crippen LogP contribution in [0.4, 0.5) is 11.4 Å². The average Bonchev–Trinajstić information content (AvgIpc) is 3.37. The van der Waals surface area contributed by atoms with Gasteiger partial charge < -0.3 is 9.64 Å². The molecule has 2 aliphatic rings. The predicted molar refractivity (Wildman–Crippen MR) is 145 cm³/mol. The largest absolute Gasteiger partial charge is 0.497 e. The zero-order valence-corrected chi connectivity index (χ0v) is 21.9. The fourth-order valence-corrected chi connectivity index (χ4v) is 6.46. The van der Waals surface area contributed by atoms with Crippen molar-refractivity contribution in [3.05, 3.63) is 92.8 Å². The van der Waals surface area contributed by atoms with E-state index in [0.717, 1.165) is 43.6 Å². The van der Waals surface area contributed by atoms with Gasteiger partial charge in [0, 0.05) is 22.0 Å². The Kier molecular flexibility index (Phi) is 6.72. The molecule has 8 heteroatoms. The number of anilines is 1. The lowest BCUT2D eigenvalue weighted by molar-refractivity contribution is -0.122. The van der Waals surface area contributed by atoms with Gasteiger partial charge in [-0.05, 0) is 60.6 Å². The van der Waals surface area contributed by atoms with E-state index in [1.807, 2.05) is 66.7 Å². The maximum atomic E-state index is 13.8. The number of aliphatic imine (C=N–C) groups is 1. The number of rotatable bonds is 5. The van der Waals surface area contributed by atoms with Crippen molar-refractivity contribution in [3.63, 3.8) is 0 Å². The molecule has 34 heavy (non-hydrogen) atoms. The molecule has 1 saturated heterocycles. The number of carbonyl (C=O) groups excluding carboxylic acids is 1. The van der Waals surface area contributed by atoms with Crippen LogP contribution in [0.3, 0.4) is 0 Å². The van der Waals surface area contributed by atoms with E-state index in [1.165, 1.54) is 11.8 Å². The molecule has 2 aliphatic heterocycles. The molecular weight excluding hydrogens is 530 g/mol. The van der Waals surface area contributed by atoms with Crippen molar-refractivity contribution in [2.75, 3.05) is 18.6 Å². The second-order valence-corrected chi connectivity index (χ2v) is 10.6. The third-order valence-electron chi connectivity index (χ3n) is 5.52. The first-order chi connectivity index (χ1) is 16.6. The zero-order valence-electron chi connectivity index (χ0n) is 18.7. The molecule has 0 N–H and O–H groups in total. The predicted octanol–water partition coefficient (Wildman–Crippen LogP) is 7.02. The Morgan fingerprint density at radius 2 is 1.74 bits per heavy atom. The summed E-state index contributed by atoms with van der Waals surface area (Å²) in [5.41, 5.74) is 2.93. The lowest BCUT2D eigenvalue weighted by Gasteiger charge is -2.19. The minimum atomic E-state index is -0.0227. The number of halogens is 1. The van der Waals surface area contributed by atoms with Crippen molar-refractivity contribution < 1.29 is 9.53 Å². The van der Waals surface area contributed by atoms with Crippen LogP contribution in [0.25, 0.3) is 0 Å². The molecule has 5 rings (SSSR count). The summed E-state index contributed by atoms with van der Waals surface area (Å²) in [5, 5.41) is 1.63. The number of carbonyl (C=O) groups is 1. The van der Waals surface area contributed by atoms with Gasteiger partial charge in [0.05, 0.1) is 25.0 Å². The van der Waals surface area contributed by atoms with Gasteiger partial charge in [-0.2, -0.15) is 0 Å². The van der Waals surface area contributed by atoms with Crippen LogP contribution in [-0.4, -0.2) is 29.6 Å². The van der Waals surface area contributed by atoms with Gasteiger partial charge in [0.2, 0.25) is 0 Å². The second-order valence-electron chi connectivity index (χ2n) is 7.66. The number of benzene rings is 3. The number of ether oxygens (including phenoxy) is 1. The molecule has 0 aromatic heterocycles. The third kappa shape index (κ3) is 4.50. The third-order valence-corrected chi connectivity index (χ3v) is 8.42. The van der Waals surface area contributed by atoms with E-state index in [0.29, 0.717) is 16.6 Å². The minimum absolute atomic E-state index is 0.0227. The molecule has 0 saturated carbocycles. The van der Waals surface area contributed by atoms with E-state index in [1.54, 1.807) is 23.8 Å². The van der Waals surface area contributed by atoms with Crippen LogP contribution in [0.5, 0.6) is 5.75 Å². The number of amides is 1. The first-order valence-electron chi connectivity index (χ1n) is 10.8. The highest BCUT2D eigenvalue weighted by atomic mass is 79.9. The summed E-state index contributed by atoms with van der Waals surface area (Å²) in [7, 11) is 1.67. The molecule has 2 heterocycles. The van der Waals surface area contributed by atoms with Crippen LogP contribution in [0, 0.1) is 0 Å². The van der Waals surface area contributed by atoms with Crippen LogP contribution in [0.2, 0.25) is 0 Å². The van der Waals surface area contributed by atoms with E-state index < -0.39 is 0 Å². The number of nitrogens with zero attached hydrogens (tertiary/aromatic N) is 3. The number of thioether (sulfide) groups is 2. The number of amidine groups is 1. The molecule has 0 radical (unpaired) electrons. The first-order valence-corrected chi connectivity index (χ1v) is 13.3. The number of methoxy groups -OCH3 is 1. The summed E-state index contributed by atoms with van der Waals surface area (Å²) in [5.74, 6) is 0.781. The average molecular weight is 553 g/mol. The van der Waals surface area contributed by atoms with Crippen molar-refractivity contribution >= 4 is 61.9 Å².